The van der Waals surface area contributed by atoms with Crippen LogP contribution in [-0.2, 0) is 4.74 Å². The van der Waals surface area contributed by atoms with Gasteiger partial charge in [-0.15, -0.1) is 0 Å². The first-order valence-corrected chi connectivity index (χ1v) is 5.90. The zero-order valence-corrected chi connectivity index (χ0v) is 11.2. The molecule has 0 spiro atoms. The van der Waals surface area contributed by atoms with Gasteiger partial charge in [0.05, 0.1) is 6.61 Å². The van der Waals surface area contributed by atoms with Crippen molar-refractivity contribution in [3.05, 3.63) is 29.8 Å². The molecule has 0 saturated heterocycles. The van der Waals surface area contributed by atoms with E-state index in [4.69, 9.17) is 22.7 Å². The molecule has 0 aliphatic carbocycles. The highest BCUT2D eigenvalue weighted by Gasteiger charge is 2.04. The second kappa shape index (κ2) is 6.93. The lowest BCUT2D eigenvalue weighted by Crippen LogP contribution is -2.38. The number of nitrogens with two attached hydrogens (primary N) is 1. The average Bonchev–Trinajstić information content (AvgIpc) is 2.29. The van der Waals surface area contributed by atoms with Crippen LogP contribution in [0.15, 0.2) is 24.3 Å². The van der Waals surface area contributed by atoms with Crippen molar-refractivity contribution < 1.29 is 9.53 Å². The number of hydrogen-bond acceptors (Lipinski definition) is 3. The number of ether oxygens (including phenoxy) is 1. The minimum absolute atomic E-state index is 0.125. The summed E-state index contributed by atoms with van der Waals surface area (Å²) < 4.78 is 5.00. The fourth-order valence-electron chi connectivity index (χ4n) is 1.40. The molecule has 18 heavy (non-hydrogen) atoms. The molecule has 1 aromatic rings. The van der Waals surface area contributed by atoms with Gasteiger partial charge < -0.3 is 21.1 Å². The molecule has 0 heterocycles. The van der Waals surface area contributed by atoms with Gasteiger partial charge in [-0.25, -0.2) is 0 Å². The Morgan fingerprint density at radius 2 is 2.06 bits per heavy atom. The van der Waals surface area contributed by atoms with E-state index < -0.39 is 5.91 Å². The first-order valence-electron chi connectivity index (χ1n) is 5.49. The number of carbonyl (C=O) groups excluding carboxylic acids is 1. The van der Waals surface area contributed by atoms with Crippen molar-refractivity contribution in [3.63, 3.8) is 0 Å². The standard InChI is InChI=1S/C12H17N3O2S/c1-8(7-17-2)14-12(18)15-10-5-3-9(4-6-10)11(13)16/h3-6,8H,7H2,1-2H3,(H2,13,16)(H2,14,15,18). The predicted octanol–water partition coefficient (Wildman–Crippen LogP) is 1.11. The number of primary amides is 1. The molecule has 1 amide bonds. The van der Waals surface area contributed by atoms with Crippen LogP contribution in [0.1, 0.15) is 17.3 Å². The third-order valence-electron chi connectivity index (χ3n) is 2.22. The molecule has 1 rings (SSSR count). The van der Waals surface area contributed by atoms with Crippen molar-refractivity contribution in [1.29, 1.82) is 0 Å². The number of nitrogens with one attached hydrogen (secondary N) is 2. The summed E-state index contributed by atoms with van der Waals surface area (Å²) in [5.74, 6) is -0.448. The second-order valence-corrected chi connectivity index (χ2v) is 4.30. The van der Waals surface area contributed by atoms with E-state index in [1.807, 2.05) is 6.92 Å². The van der Waals surface area contributed by atoms with Crippen LogP contribution < -0.4 is 16.4 Å². The van der Waals surface area contributed by atoms with E-state index in [1.54, 1.807) is 31.4 Å². The van der Waals surface area contributed by atoms with Crippen LogP contribution in [0, 0.1) is 0 Å². The van der Waals surface area contributed by atoms with Gasteiger partial charge in [0, 0.05) is 24.4 Å². The van der Waals surface area contributed by atoms with Gasteiger partial charge in [-0.05, 0) is 43.4 Å². The number of anilines is 1. The van der Waals surface area contributed by atoms with Gasteiger partial charge in [-0.3, -0.25) is 4.79 Å². The molecule has 0 saturated carbocycles. The fraction of sp³-hybridized carbons (Fsp3) is 0.333. The van der Waals surface area contributed by atoms with E-state index in [-0.39, 0.29) is 6.04 Å². The Kier molecular flexibility index (Phi) is 5.54. The Labute approximate surface area is 112 Å². The molecule has 98 valence electrons. The van der Waals surface area contributed by atoms with Gasteiger partial charge >= 0.3 is 0 Å². The highest BCUT2D eigenvalue weighted by Crippen LogP contribution is 2.08. The Morgan fingerprint density at radius 1 is 1.44 bits per heavy atom. The maximum Gasteiger partial charge on any atom is 0.248 e. The van der Waals surface area contributed by atoms with Gasteiger partial charge in [-0.1, -0.05) is 0 Å². The monoisotopic (exact) mass is 267 g/mol. The van der Waals surface area contributed by atoms with Crippen molar-refractivity contribution in [2.45, 2.75) is 13.0 Å². The normalized spacial score (nSPS) is 11.7. The van der Waals surface area contributed by atoms with Gasteiger partial charge in [0.25, 0.3) is 0 Å². The first kappa shape index (κ1) is 14.4. The van der Waals surface area contributed by atoms with Gasteiger partial charge in [0.2, 0.25) is 5.91 Å². The van der Waals surface area contributed by atoms with Crippen molar-refractivity contribution in [3.8, 4) is 0 Å². The third kappa shape index (κ3) is 4.68. The fourth-order valence-corrected chi connectivity index (χ4v) is 1.72. The summed E-state index contributed by atoms with van der Waals surface area (Å²) in [6.45, 7) is 2.54. The number of hydrogen-bond donors (Lipinski definition) is 3. The van der Waals surface area contributed by atoms with Crippen molar-refractivity contribution in [1.82, 2.24) is 5.32 Å². The SMILES string of the molecule is COCC(C)NC(=S)Nc1ccc(C(N)=O)cc1. The largest absolute Gasteiger partial charge is 0.383 e. The van der Waals surface area contributed by atoms with Crippen LogP contribution in [0.5, 0.6) is 0 Å². The van der Waals surface area contributed by atoms with E-state index in [2.05, 4.69) is 10.6 Å². The maximum atomic E-state index is 10.9. The molecule has 5 nitrogen and oxygen atoms in total. The van der Waals surface area contributed by atoms with Gasteiger partial charge in [0.1, 0.15) is 0 Å². The molecule has 1 aromatic carbocycles. The number of thiocarbonyl (C=S) groups is 1. The van der Waals surface area contributed by atoms with Crippen molar-refractivity contribution >= 4 is 28.9 Å². The van der Waals surface area contributed by atoms with Crippen molar-refractivity contribution in [2.75, 3.05) is 19.0 Å². The zero-order chi connectivity index (χ0) is 13.5. The molecule has 0 bridgehead atoms. The minimum Gasteiger partial charge on any atom is -0.383 e. The number of benzene rings is 1. The Hall–Kier alpha value is -1.66. The highest BCUT2D eigenvalue weighted by molar-refractivity contribution is 7.80. The maximum absolute atomic E-state index is 10.9. The molecule has 1 atom stereocenters. The number of rotatable bonds is 5. The number of methoxy groups -OCH3 is 1. The summed E-state index contributed by atoms with van der Waals surface area (Å²) in [6.07, 6.45) is 0. The van der Waals surface area contributed by atoms with E-state index >= 15 is 0 Å². The highest BCUT2D eigenvalue weighted by atomic mass is 32.1. The summed E-state index contributed by atoms with van der Waals surface area (Å²) in [6, 6.07) is 6.90. The minimum atomic E-state index is -0.448. The molecule has 4 N–H and O–H groups in total. The van der Waals surface area contributed by atoms with E-state index in [1.165, 1.54) is 0 Å². The molecule has 0 aliphatic rings. The molecule has 0 fully saturated rings. The van der Waals surface area contributed by atoms with Crippen LogP contribution in [0.25, 0.3) is 0 Å². The van der Waals surface area contributed by atoms with E-state index in [0.29, 0.717) is 17.3 Å². The van der Waals surface area contributed by atoms with Crippen LogP contribution in [-0.4, -0.2) is 30.8 Å². The number of amides is 1. The van der Waals surface area contributed by atoms with E-state index in [9.17, 15) is 4.79 Å². The van der Waals surface area contributed by atoms with Gasteiger partial charge in [-0.2, -0.15) is 0 Å². The predicted molar refractivity (Wildman–Crippen MR) is 75.7 cm³/mol. The molecule has 6 heteroatoms. The quantitative estimate of drug-likeness (QED) is 0.697. The Morgan fingerprint density at radius 3 is 2.56 bits per heavy atom. The number of carbonyl (C=O) groups is 1. The van der Waals surface area contributed by atoms with Crippen LogP contribution >= 0.6 is 12.2 Å². The third-order valence-corrected chi connectivity index (χ3v) is 2.44. The summed E-state index contributed by atoms with van der Waals surface area (Å²) in [7, 11) is 1.64. The molecule has 0 aromatic heterocycles. The lowest BCUT2D eigenvalue weighted by atomic mass is 10.2. The van der Waals surface area contributed by atoms with E-state index in [0.717, 1.165) is 5.69 Å². The second-order valence-electron chi connectivity index (χ2n) is 3.90. The van der Waals surface area contributed by atoms with Crippen LogP contribution in [0.3, 0.4) is 0 Å². The topological polar surface area (TPSA) is 76.4 Å². The lowest BCUT2D eigenvalue weighted by Gasteiger charge is -2.16. The van der Waals surface area contributed by atoms with Crippen LogP contribution in [0.4, 0.5) is 5.69 Å². The molecular formula is C12H17N3O2S. The smallest absolute Gasteiger partial charge is 0.248 e. The zero-order valence-electron chi connectivity index (χ0n) is 10.4. The molecule has 0 radical (unpaired) electrons. The summed E-state index contributed by atoms with van der Waals surface area (Å²) in [5.41, 5.74) is 6.41. The average molecular weight is 267 g/mol. The summed E-state index contributed by atoms with van der Waals surface area (Å²) in [4.78, 5) is 10.9. The first-order chi connectivity index (χ1) is 8.52. The summed E-state index contributed by atoms with van der Waals surface area (Å²) in [5, 5.41) is 6.59. The van der Waals surface area contributed by atoms with Gasteiger partial charge in [0.15, 0.2) is 5.11 Å². The lowest BCUT2D eigenvalue weighted by molar-refractivity contribution is 0.100. The van der Waals surface area contributed by atoms with Crippen LogP contribution in [0.2, 0.25) is 0 Å². The van der Waals surface area contributed by atoms with Crippen molar-refractivity contribution in [2.24, 2.45) is 5.73 Å². The Balaban J connectivity index is 2.51. The molecule has 1 unspecified atom stereocenters. The molecule has 0 aliphatic heterocycles. The summed E-state index contributed by atoms with van der Waals surface area (Å²) >= 11 is 5.14. The molecular weight excluding hydrogens is 250 g/mol. The Bertz CT molecular complexity index is 420.